The van der Waals surface area contributed by atoms with Crippen LogP contribution < -0.4 is 5.32 Å². The Morgan fingerprint density at radius 2 is 1.73 bits per heavy atom. The molecule has 3 amide bonds. The number of aliphatic hydroxyl groups excluding tert-OH is 1. The van der Waals surface area contributed by atoms with Crippen molar-refractivity contribution in [2.45, 2.75) is 96.9 Å². The lowest BCUT2D eigenvalue weighted by Crippen LogP contribution is -2.53. The first-order valence-corrected chi connectivity index (χ1v) is 9.71. The molecular weight excluding hydrogens is 400 g/mol. The maximum atomic E-state index is 12.4. The zero-order chi connectivity index (χ0) is 23.1. The quantitative estimate of drug-likeness (QED) is 0.643. The van der Waals surface area contributed by atoms with Crippen molar-refractivity contribution >= 4 is 18.3 Å². The first kappa shape index (κ1) is 24.2. The largest absolute Gasteiger partial charge is 0.509 e. The van der Waals surface area contributed by atoms with Crippen LogP contribution in [0.4, 0.5) is 14.4 Å². The number of hydrogen-bond acceptors (Lipinski definition) is 9. The lowest BCUT2D eigenvalue weighted by molar-refractivity contribution is -0.161. The second-order valence-corrected chi connectivity index (χ2v) is 9.65. The van der Waals surface area contributed by atoms with Gasteiger partial charge in [0.2, 0.25) is 0 Å². The Labute approximate surface area is 175 Å². The molecule has 0 aliphatic carbocycles. The van der Waals surface area contributed by atoms with Gasteiger partial charge in [-0.15, -0.1) is 0 Å². The van der Waals surface area contributed by atoms with Crippen molar-refractivity contribution in [2.24, 2.45) is 0 Å². The predicted molar refractivity (Wildman–Crippen MR) is 102 cm³/mol. The summed E-state index contributed by atoms with van der Waals surface area (Å²) in [5.41, 5.74) is -1.71. The molecule has 2 heterocycles. The van der Waals surface area contributed by atoms with E-state index in [0.29, 0.717) is 4.90 Å². The SMILES string of the molecule is CC(C)(C)OC(=O)O[C@@H]([C@H]1NC(=O)N(C(=O)OC(C)(C)C)[C@@H]1O)[C@H]1COC(C)(C)O1. The molecule has 0 aromatic carbocycles. The van der Waals surface area contributed by atoms with Gasteiger partial charge in [0.25, 0.3) is 0 Å². The predicted octanol–water partition coefficient (Wildman–Crippen LogP) is 2.11. The third kappa shape index (κ3) is 6.19. The third-order valence-corrected chi connectivity index (χ3v) is 4.06. The first-order chi connectivity index (χ1) is 13.5. The standard InChI is InChI=1S/C19H32N2O9/c1-17(2,3)29-15(24)21-13(22)11(20-14(21)23)12(10-9-26-19(7,8)28-10)27-16(25)30-18(4,5)6/h10-13,22H,9H2,1-8H3,(H,20,23)/t10-,11-,12-,13-/m1/s1. The normalized spacial score (nSPS) is 27.4. The van der Waals surface area contributed by atoms with Gasteiger partial charge in [0.05, 0.1) is 6.61 Å². The van der Waals surface area contributed by atoms with Gasteiger partial charge >= 0.3 is 18.3 Å². The van der Waals surface area contributed by atoms with Gasteiger partial charge in [0.1, 0.15) is 23.3 Å². The lowest BCUT2D eigenvalue weighted by atomic mass is 10.0. The number of nitrogens with zero attached hydrogens (tertiary/aromatic N) is 1. The van der Waals surface area contributed by atoms with Crippen LogP contribution in [0.3, 0.4) is 0 Å². The number of hydrogen-bond donors (Lipinski definition) is 2. The number of amides is 3. The van der Waals surface area contributed by atoms with E-state index >= 15 is 0 Å². The summed E-state index contributed by atoms with van der Waals surface area (Å²) >= 11 is 0. The molecule has 30 heavy (non-hydrogen) atoms. The van der Waals surface area contributed by atoms with Crippen LogP contribution in [0, 0.1) is 0 Å². The van der Waals surface area contributed by atoms with Crippen LogP contribution in [-0.2, 0) is 23.7 Å². The lowest BCUT2D eigenvalue weighted by Gasteiger charge is -2.31. The number of carbonyl (C=O) groups excluding carboxylic acids is 3. The molecule has 0 bridgehead atoms. The highest BCUT2D eigenvalue weighted by molar-refractivity contribution is 5.93. The zero-order valence-corrected chi connectivity index (χ0v) is 18.7. The van der Waals surface area contributed by atoms with Gasteiger partial charge in [-0.2, -0.15) is 4.90 Å². The van der Waals surface area contributed by atoms with Crippen molar-refractivity contribution in [3.8, 4) is 0 Å². The highest BCUT2D eigenvalue weighted by atomic mass is 16.8. The Morgan fingerprint density at radius 3 is 2.20 bits per heavy atom. The summed E-state index contributed by atoms with van der Waals surface area (Å²) < 4.78 is 27.1. The van der Waals surface area contributed by atoms with Crippen LogP contribution in [0.1, 0.15) is 55.4 Å². The van der Waals surface area contributed by atoms with E-state index in [9.17, 15) is 19.5 Å². The van der Waals surface area contributed by atoms with Gasteiger partial charge in [0, 0.05) is 0 Å². The fourth-order valence-electron chi connectivity index (χ4n) is 2.96. The Balaban J connectivity index is 2.24. The number of ether oxygens (including phenoxy) is 5. The summed E-state index contributed by atoms with van der Waals surface area (Å²) in [4.78, 5) is 37.6. The van der Waals surface area contributed by atoms with Gasteiger partial charge in [-0.3, -0.25) is 0 Å². The van der Waals surface area contributed by atoms with Gasteiger partial charge in [-0.1, -0.05) is 0 Å². The molecule has 0 spiro atoms. The highest BCUT2D eigenvalue weighted by Gasteiger charge is 2.53. The molecule has 0 aromatic rings. The molecule has 0 unspecified atom stereocenters. The van der Waals surface area contributed by atoms with Crippen LogP contribution in [0.25, 0.3) is 0 Å². The van der Waals surface area contributed by atoms with Crippen molar-refractivity contribution in [2.75, 3.05) is 6.61 Å². The Hall–Kier alpha value is -2.11. The summed E-state index contributed by atoms with van der Waals surface area (Å²) in [7, 11) is 0. The van der Waals surface area contributed by atoms with E-state index in [1.165, 1.54) is 0 Å². The van der Waals surface area contributed by atoms with Crippen molar-refractivity contribution in [3.63, 3.8) is 0 Å². The number of nitrogens with one attached hydrogen (secondary N) is 1. The molecule has 2 N–H and O–H groups in total. The number of carbonyl (C=O) groups is 3. The van der Waals surface area contributed by atoms with Gasteiger partial charge in [-0.25, -0.2) is 14.4 Å². The van der Waals surface area contributed by atoms with E-state index in [2.05, 4.69) is 5.32 Å². The summed E-state index contributed by atoms with van der Waals surface area (Å²) in [5, 5.41) is 13.2. The molecule has 0 aromatic heterocycles. The van der Waals surface area contributed by atoms with Crippen LogP contribution in [-0.4, -0.2) is 76.4 Å². The third-order valence-electron chi connectivity index (χ3n) is 4.06. The average Bonchev–Trinajstić information content (AvgIpc) is 3.00. The molecule has 2 aliphatic heterocycles. The molecule has 2 rings (SSSR count). The number of rotatable bonds is 3. The summed E-state index contributed by atoms with van der Waals surface area (Å²) in [6, 6.07) is -2.09. The molecule has 172 valence electrons. The maximum Gasteiger partial charge on any atom is 0.509 e. The first-order valence-electron chi connectivity index (χ1n) is 9.71. The van der Waals surface area contributed by atoms with Crippen molar-refractivity contribution < 1.29 is 43.2 Å². The minimum Gasteiger partial charge on any atom is -0.443 e. The molecule has 0 saturated carbocycles. The second kappa shape index (κ2) is 8.20. The summed E-state index contributed by atoms with van der Waals surface area (Å²) in [6.07, 6.45) is -5.75. The summed E-state index contributed by atoms with van der Waals surface area (Å²) in [6.45, 7) is 13.3. The molecule has 2 fully saturated rings. The fraction of sp³-hybridized carbons (Fsp3) is 0.842. The minimum atomic E-state index is -1.67. The highest BCUT2D eigenvalue weighted by Crippen LogP contribution is 2.30. The molecule has 0 radical (unpaired) electrons. The summed E-state index contributed by atoms with van der Waals surface area (Å²) in [5.74, 6) is -0.960. The Bertz CT molecular complexity index is 680. The van der Waals surface area contributed by atoms with Crippen LogP contribution >= 0.6 is 0 Å². The van der Waals surface area contributed by atoms with Gasteiger partial charge < -0.3 is 34.1 Å². The van der Waals surface area contributed by atoms with Gasteiger partial charge in [0.15, 0.2) is 18.1 Å². The van der Waals surface area contributed by atoms with E-state index < -0.39 is 59.7 Å². The number of aliphatic hydroxyl groups is 1. The smallest absolute Gasteiger partial charge is 0.443 e. The van der Waals surface area contributed by atoms with E-state index in [-0.39, 0.29) is 6.61 Å². The zero-order valence-electron chi connectivity index (χ0n) is 18.7. The van der Waals surface area contributed by atoms with Crippen molar-refractivity contribution in [1.29, 1.82) is 0 Å². The van der Waals surface area contributed by atoms with Crippen LogP contribution in [0.15, 0.2) is 0 Å². The van der Waals surface area contributed by atoms with E-state index in [1.807, 2.05) is 0 Å². The van der Waals surface area contributed by atoms with E-state index in [4.69, 9.17) is 23.7 Å². The molecule has 4 atom stereocenters. The number of urea groups is 1. The van der Waals surface area contributed by atoms with Crippen molar-refractivity contribution in [1.82, 2.24) is 10.2 Å². The van der Waals surface area contributed by atoms with E-state index in [1.54, 1.807) is 55.4 Å². The second-order valence-electron chi connectivity index (χ2n) is 9.65. The monoisotopic (exact) mass is 432 g/mol. The molecule has 11 heteroatoms. The molecule has 2 saturated heterocycles. The van der Waals surface area contributed by atoms with Crippen LogP contribution in [0.5, 0.6) is 0 Å². The maximum absolute atomic E-state index is 12.4. The Kier molecular flexibility index (Phi) is 6.60. The molecule has 2 aliphatic rings. The minimum absolute atomic E-state index is 0.0337. The van der Waals surface area contributed by atoms with Crippen LogP contribution in [0.2, 0.25) is 0 Å². The number of imide groups is 1. The van der Waals surface area contributed by atoms with Gasteiger partial charge in [-0.05, 0) is 55.4 Å². The van der Waals surface area contributed by atoms with E-state index in [0.717, 1.165) is 0 Å². The topological polar surface area (TPSA) is 133 Å². The Morgan fingerprint density at radius 1 is 1.17 bits per heavy atom. The molecule has 11 nitrogen and oxygen atoms in total. The fourth-order valence-corrected chi connectivity index (χ4v) is 2.96. The molecular formula is C19H32N2O9. The van der Waals surface area contributed by atoms with Crippen molar-refractivity contribution in [3.05, 3.63) is 0 Å². The average molecular weight is 432 g/mol.